The van der Waals surface area contributed by atoms with Gasteiger partial charge >= 0.3 is 0 Å². The molecule has 2 aromatic carbocycles. The number of rotatable bonds is 6. The zero-order valence-corrected chi connectivity index (χ0v) is 21.7. The molecule has 0 saturated carbocycles. The lowest BCUT2D eigenvalue weighted by Gasteiger charge is -2.57. The Morgan fingerprint density at radius 2 is 1.74 bits per heavy atom. The van der Waals surface area contributed by atoms with Crippen molar-refractivity contribution in [3.8, 4) is 17.6 Å². The number of hydrogen-bond acceptors (Lipinski definition) is 5. The fourth-order valence-electron chi connectivity index (χ4n) is 5.17. The van der Waals surface area contributed by atoms with Gasteiger partial charge in [0, 0.05) is 43.1 Å². The molecule has 3 atom stereocenters. The van der Waals surface area contributed by atoms with Crippen molar-refractivity contribution in [2.24, 2.45) is 5.92 Å². The number of nitrogens with zero attached hydrogens (tertiary/aromatic N) is 2. The van der Waals surface area contributed by atoms with Gasteiger partial charge in [0.1, 0.15) is 5.75 Å². The SMILES string of the molecule is COc1ccc(S(=O)(=O)N2CCCCN3[C@H](CO)[C@@H](c4ccc(C#CCC(C)C)cc4)[C@@H]3C2)cc1. The van der Waals surface area contributed by atoms with Crippen molar-refractivity contribution >= 4 is 10.0 Å². The molecule has 1 N–H and O–H groups in total. The first-order chi connectivity index (χ1) is 16.8. The Morgan fingerprint density at radius 3 is 2.37 bits per heavy atom. The van der Waals surface area contributed by atoms with E-state index in [-0.39, 0.29) is 29.5 Å². The fourth-order valence-corrected chi connectivity index (χ4v) is 6.67. The molecule has 0 aliphatic carbocycles. The van der Waals surface area contributed by atoms with E-state index in [1.807, 2.05) is 12.1 Å². The molecular formula is C28H36N2O4S. The van der Waals surface area contributed by atoms with Crippen molar-refractivity contribution in [1.82, 2.24) is 9.21 Å². The molecule has 2 heterocycles. The van der Waals surface area contributed by atoms with Crippen molar-refractivity contribution in [2.75, 3.05) is 33.4 Å². The van der Waals surface area contributed by atoms with Crippen LogP contribution in [-0.2, 0) is 10.0 Å². The van der Waals surface area contributed by atoms with Gasteiger partial charge in [-0.2, -0.15) is 4.31 Å². The molecule has 0 radical (unpaired) electrons. The van der Waals surface area contributed by atoms with E-state index in [2.05, 4.69) is 42.7 Å². The van der Waals surface area contributed by atoms with E-state index < -0.39 is 10.0 Å². The quantitative estimate of drug-likeness (QED) is 0.618. The Bertz CT molecular complexity index is 1150. The highest BCUT2D eigenvalue weighted by atomic mass is 32.2. The standard InChI is InChI=1S/C28H36N2O4S/c1-21(2)7-6-8-22-9-11-23(12-10-22)28-26-19-29(17-4-5-18-30(26)27(28)20-31)35(32,33)25-15-13-24(34-3)14-16-25/h9-16,21,26-28,31H,4-5,7,17-20H2,1-3H3/t26-,27+,28-/m0/s1. The monoisotopic (exact) mass is 496 g/mol. The van der Waals surface area contributed by atoms with Crippen LogP contribution in [0.15, 0.2) is 53.4 Å². The third-order valence-corrected chi connectivity index (χ3v) is 8.95. The van der Waals surface area contributed by atoms with Crippen molar-refractivity contribution in [1.29, 1.82) is 0 Å². The highest BCUT2D eigenvalue weighted by Gasteiger charge is 2.50. The Kier molecular flexibility index (Phi) is 8.18. The summed E-state index contributed by atoms with van der Waals surface area (Å²) in [5.41, 5.74) is 2.11. The van der Waals surface area contributed by atoms with Gasteiger partial charge < -0.3 is 9.84 Å². The fraction of sp³-hybridized carbons (Fsp3) is 0.500. The number of hydrogen-bond donors (Lipinski definition) is 1. The minimum Gasteiger partial charge on any atom is -0.497 e. The van der Waals surface area contributed by atoms with Crippen LogP contribution in [0.25, 0.3) is 0 Å². The summed E-state index contributed by atoms with van der Waals surface area (Å²) in [5.74, 6) is 7.70. The van der Waals surface area contributed by atoms with Gasteiger partial charge in [-0.1, -0.05) is 37.8 Å². The van der Waals surface area contributed by atoms with Crippen LogP contribution in [0.5, 0.6) is 5.75 Å². The third-order valence-electron chi connectivity index (χ3n) is 7.07. The largest absolute Gasteiger partial charge is 0.497 e. The summed E-state index contributed by atoms with van der Waals surface area (Å²) in [7, 11) is -2.07. The molecule has 0 amide bonds. The van der Waals surface area contributed by atoms with Gasteiger partial charge in [0.15, 0.2) is 0 Å². The van der Waals surface area contributed by atoms with Crippen LogP contribution in [0.4, 0.5) is 0 Å². The molecule has 0 aromatic heterocycles. The van der Waals surface area contributed by atoms with Gasteiger partial charge in [0.05, 0.1) is 18.6 Å². The predicted octanol–water partition coefficient (Wildman–Crippen LogP) is 3.71. The maximum atomic E-state index is 13.5. The zero-order chi connectivity index (χ0) is 25.0. The Labute approximate surface area is 210 Å². The van der Waals surface area contributed by atoms with E-state index >= 15 is 0 Å². The molecule has 0 unspecified atom stereocenters. The summed E-state index contributed by atoms with van der Waals surface area (Å²) in [6, 6.07) is 14.9. The lowest BCUT2D eigenvalue weighted by Crippen LogP contribution is -2.67. The van der Waals surface area contributed by atoms with Crippen molar-refractivity contribution in [2.45, 2.75) is 56.0 Å². The smallest absolute Gasteiger partial charge is 0.243 e. The lowest BCUT2D eigenvalue weighted by molar-refractivity contribution is -0.0553. The van der Waals surface area contributed by atoms with Crippen molar-refractivity contribution in [3.63, 3.8) is 0 Å². The number of sulfonamides is 1. The predicted molar refractivity (Wildman–Crippen MR) is 138 cm³/mol. The van der Waals surface area contributed by atoms with E-state index in [4.69, 9.17) is 4.74 Å². The molecule has 4 rings (SSSR count). The Morgan fingerprint density at radius 1 is 1.06 bits per heavy atom. The second-order valence-corrected chi connectivity index (χ2v) is 11.8. The molecule has 0 spiro atoms. The molecule has 2 fully saturated rings. The van der Waals surface area contributed by atoms with Crippen LogP contribution in [0.3, 0.4) is 0 Å². The number of aliphatic hydroxyl groups excluding tert-OH is 1. The number of methoxy groups -OCH3 is 1. The molecule has 35 heavy (non-hydrogen) atoms. The van der Waals surface area contributed by atoms with E-state index in [1.54, 1.807) is 35.7 Å². The number of aliphatic hydroxyl groups is 1. The van der Waals surface area contributed by atoms with Crippen LogP contribution in [0, 0.1) is 17.8 Å². The molecule has 7 heteroatoms. The second kappa shape index (κ2) is 11.1. The van der Waals surface area contributed by atoms with Crippen molar-refractivity contribution in [3.05, 3.63) is 59.7 Å². The molecule has 2 aromatic rings. The van der Waals surface area contributed by atoms with Gasteiger partial charge in [-0.05, 0) is 67.3 Å². The summed E-state index contributed by atoms with van der Waals surface area (Å²) in [4.78, 5) is 2.57. The summed E-state index contributed by atoms with van der Waals surface area (Å²) in [6.45, 7) is 6.15. The topological polar surface area (TPSA) is 70.1 Å². The maximum Gasteiger partial charge on any atom is 0.243 e. The zero-order valence-electron chi connectivity index (χ0n) is 20.9. The highest BCUT2D eigenvalue weighted by molar-refractivity contribution is 7.89. The van der Waals surface area contributed by atoms with Crippen LogP contribution >= 0.6 is 0 Å². The molecule has 2 saturated heterocycles. The molecule has 2 aliphatic heterocycles. The Hall–Kier alpha value is -2.37. The average Bonchev–Trinajstić information content (AvgIpc) is 2.83. The third kappa shape index (κ3) is 5.57. The van der Waals surface area contributed by atoms with Crippen molar-refractivity contribution < 1.29 is 18.3 Å². The Balaban J connectivity index is 1.56. The summed E-state index contributed by atoms with van der Waals surface area (Å²) >= 11 is 0. The van der Waals surface area contributed by atoms with E-state index in [0.717, 1.165) is 36.9 Å². The number of benzene rings is 2. The normalized spacial score (nSPS) is 23.4. The first-order valence-corrected chi connectivity index (χ1v) is 13.9. The number of ether oxygens (including phenoxy) is 1. The van der Waals surface area contributed by atoms with Gasteiger partial charge in [-0.3, -0.25) is 4.90 Å². The van der Waals surface area contributed by atoms with Crippen LogP contribution in [0.1, 0.15) is 50.2 Å². The first kappa shape index (κ1) is 25.7. The lowest BCUT2D eigenvalue weighted by atomic mass is 9.74. The highest BCUT2D eigenvalue weighted by Crippen LogP contribution is 2.42. The number of fused-ring (bicyclic) bond motifs is 1. The average molecular weight is 497 g/mol. The van der Waals surface area contributed by atoms with Gasteiger partial charge in [0.25, 0.3) is 0 Å². The van der Waals surface area contributed by atoms with Gasteiger partial charge in [-0.25, -0.2) is 8.42 Å². The summed E-state index contributed by atoms with van der Waals surface area (Å²) in [5, 5.41) is 10.2. The van der Waals surface area contributed by atoms with Gasteiger partial charge in [0.2, 0.25) is 10.0 Å². The van der Waals surface area contributed by atoms with Crippen LogP contribution in [0.2, 0.25) is 0 Å². The molecule has 188 valence electrons. The van der Waals surface area contributed by atoms with E-state index in [0.29, 0.717) is 24.8 Å². The first-order valence-electron chi connectivity index (χ1n) is 12.4. The maximum absolute atomic E-state index is 13.5. The van der Waals surface area contributed by atoms with Gasteiger partial charge in [-0.15, -0.1) is 0 Å². The minimum absolute atomic E-state index is 0.00140. The second-order valence-electron chi connectivity index (χ2n) is 9.85. The van der Waals surface area contributed by atoms with E-state index in [9.17, 15) is 13.5 Å². The molecule has 2 aliphatic rings. The molecule has 6 nitrogen and oxygen atoms in total. The van der Waals surface area contributed by atoms with Crippen LogP contribution in [-0.4, -0.2) is 68.2 Å². The molecule has 0 bridgehead atoms. The van der Waals surface area contributed by atoms with Crippen LogP contribution < -0.4 is 4.74 Å². The minimum atomic E-state index is -3.63. The molecular weight excluding hydrogens is 460 g/mol. The summed E-state index contributed by atoms with van der Waals surface area (Å²) < 4.78 is 33.8. The summed E-state index contributed by atoms with van der Waals surface area (Å²) in [6.07, 6.45) is 2.57. The van der Waals surface area contributed by atoms with E-state index in [1.165, 1.54) is 0 Å².